The number of amides is 1. The van der Waals surface area contributed by atoms with Crippen molar-refractivity contribution in [1.29, 1.82) is 0 Å². The van der Waals surface area contributed by atoms with Gasteiger partial charge in [0.05, 0.1) is 29.9 Å². The molecule has 7 heteroatoms. The van der Waals surface area contributed by atoms with Crippen molar-refractivity contribution in [1.82, 2.24) is 25.3 Å². The summed E-state index contributed by atoms with van der Waals surface area (Å²) >= 11 is 0. The zero-order valence-corrected chi connectivity index (χ0v) is 21.0. The zero-order valence-electron chi connectivity index (χ0n) is 21.0. The predicted octanol–water partition coefficient (Wildman–Crippen LogP) is 6.17. The van der Waals surface area contributed by atoms with Crippen LogP contribution in [0.2, 0.25) is 0 Å². The van der Waals surface area contributed by atoms with Gasteiger partial charge in [0.1, 0.15) is 0 Å². The molecular formula is C31H28N6O. The maximum Gasteiger partial charge on any atom is 0.259 e. The molecule has 1 aliphatic rings. The number of imidazole rings is 1. The average molecular weight is 501 g/mol. The number of aromatic nitrogens is 4. The van der Waals surface area contributed by atoms with Crippen molar-refractivity contribution in [2.75, 3.05) is 4.90 Å². The summed E-state index contributed by atoms with van der Waals surface area (Å²) in [5, 5.41) is 6.06. The smallest absolute Gasteiger partial charge is 0.259 e. The summed E-state index contributed by atoms with van der Waals surface area (Å²) in [5.41, 5.74) is 8.08. The van der Waals surface area contributed by atoms with Crippen molar-refractivity contribution in [3.8, 4) is 0 Å². The Morgan fingerprint density at radius 2 is 1.89 bits per heavy atom. The number of rotatable bonds is 7. The number of nitrogens with zero attached hydrogens (tertiary/aromatic N) is 2. The number of para-hydroxylation sites is 1. The van der Waals surface area contributed by atoms with Gasteiger partial charge in [-0.3, -0.25) is 4.79 Å². The van der Waals surface area contributed by atoms with E-state index in [0.29, 0.717) is 13.1 Å². The fraction of sp³-hybridized carbons (Fsp3) is 0.161. The molecule has 0 saturated heterocycles. The van der Waals surface area contributed by atoms with Crippen LogP contribution in [0.1, 0.15) is 51.8 Å². The highest BCUT2D eigenvalue weighted by molar-refractivity contribution is 6.14. The second kappa shape index (κ2) is 9.04. The molecule has 0 bridgehead atoms. The summed E-state index contributed by atoms with van der Waals surface area (Å²) in [4.78, 5) is 30.0. The minimum atomic E-state index is -0.00302. The van der Waals surface area contributed by atoms with Crippen molar-refractivity contribution >= 4 is 33.4 Å². The van der Waals surface area contributed by atoms with E-state index in [0.717, 1.165) is 44.6 Å². The predicted molar refractivity (Wildman–Crippen MR) is 150 cm³/mol. The lowest BCUT2D eigenvalue weighted by atomic mass is 9.91. The Morgan fingerprint density at radius 1 is 1.03 bits per heavy atom. The van der Waals surface area contributed by atoms with Gasteiger partial charge >= 0.3 is 0 Å². The Bertz CT molecular complexity index is 1760. The number of nitrogens with one attached hydrogen (secondary N) is 4. The van der Waals surface area contributed by atoms with Gasteiger partial charge in [-0.25, -0.2) is 4.98 Å². The van der Waals surface area contributed by atoms with Crippen molar-refractivity contribution < 1.29 is 4.79 Å². The lowest BCUT2D eigenvalue weighted by Gasteiger charge is -2.26. The van der Waals surface area contributed by atoms with Crippen LogP contribution in [-0.4, -0.2) is 25.8 Å². The molecule has 4 heterocycles. The van der Waals surface area contributed by atoms with E-state index in [2.05, 4.69) is 68.6 Å². The molecule has 0 spiro atoms. The standard InChI is InChI=1S/C31H28N6O/c1-19(27-15-32-18-35-27)29(21-11-10-20-12-13-33-26(20)14-21)34-16-28-30(24-8-4-5-9-25(24)36-28)37-17-22-6-2-3-7-23(22)31(37)38/h2-15,18-19,29,33-34,36H,16-17H2,1H3,(H,32,35). The highest BCUT2D eigenvalue weighted by Gasteiger charge is 2.32. The van der Waals surface area contributed by atoms with Gasteiger partial charge in [0.25, 0.3) is 5.91 Å². The second-order valence-corrected chi connectivity index (χ2v) is 10.0. The summed E-state index contributed by atoms with van der Waals surface area (Å²) in [6.45, 7) is 3.33. The summed E-state index contributed by atoms with van der Waals surface area (Å²) in [6.07, 6.45) is 5.65. The van der Waals surface area contributed by atoms with Gasteiger partial charge in [-0.1, -0.05) is 55.5 Å². The van der Waals surface area contributed by atoms with E-state index in [1.165, 1.54) is 10.9 Å². The Hall–Kier alpha value is -4.62. The largest absolute Gasteiger partial charge is 0.361 e. The van der Waals surface area contributed by atoms with Crippen molar-refractivity contribution in [2.24, 2.45) is 0 Å². The van der Waals surface area contributed by atoms with E-state index in [1.807, 2.05) is 53.7 Å². The van der Waals surface area contributed by atoms with Crippen LogP contribution >= 0.6 is 0 Å². The minimum absolute atomic E-state index is 0.00302. The maximum absolute atomic E-state index is 13.5. The molecule has 0 fully saturated rings. The second-order valence-electron chi connectivity index (χ2n) is 10.0. The Balaban J connectivity index is 1.27. The normalized spacial score (nSPS) is 14.9. The molecule has 38 heavy (non-hydrogen) atoms. The monoisotopic (exact) mass is 500 g/mol. The van der Waals surface area contributed by atoms with Gasteiger partial charge in [0.15, 0.2) is 0 Å². The van der Waals surface area contributed by atoms with Gasteiger partial charge in [-0.05, 0) is 40.8 Å². The molecule has 0 saturated carbocycles. The number of benzene rings is 3. The molecule has 0 aliphatic carbocycles. The molecule has 3 aromatic heterocycles. The summed E-state index contributed by atoms with van der Waals surface area (Å²) in [6, 6.07) is 24.7. The van der Waals surface area contributed by atoms with Crippen LogP contribution in [0.15, 0.2) is 91.5 Å². The van der Waals surface area contributed by atoms with E-state index < -0.39 is 0 Å². The SMILES string of the molecule is CC(c1c[nH]cn1)C(NCc1[nH]c2ccccc2c1N1Cc2ccccc2C1=O)c1ccc2cc[nH]c2c1. The molecule has 0 radical (unpaired) electrons. The number of hydrogen-bond acceptors (Lipinski definition) is 3. The zero-order chi connectivity index (χ0) is 25.6. The Kier molecular flexibility index (Phi) is 5.37. The van der Waals surface area contributed by atoms with Crippen LogP contribution < -0.4 is 10.2 Å². The molecule has 188 valence electrons. The average Bonchev–Trinajstić information content (AvgIpc) is 3.74. The number of carbonyl (C=O) groups excluding carboxylic acids is 1. The van der Waals surface area contributed by atoms with E-state index in [-0.39, 0.29) is 17.9 Å². The fourth-order valence-electron chi connectivity index (χ4n) is 5.80. The van der Waals surface area contributed by atoms with Crippen LogP contribution in [0.4, 0.5) is 5.69 Å². The van der Waals surface area contributed by atoms with Crippen molar-refractivity contribution in [3.05, 3.63) is 120 Å². The Morgan fingerprint density at radius 3 is 2.76 bits per heavy atom. The van der Waals surface area contributed by atoms with Gasteiger partial charge in [-0.2, -0.15) is 0 Å². The molecule has 2 unspecified atom stereocenters. The molecule has 3 aromatic carbocycles. The quantitative estimate of drug-likeness (QED) is 0.211. The number of H-pyrrole nitrogens is 3. The summed E-state index contributed by atoms with van der Waals surface area (Å²) in [5.74, 6) is 0.157. The topological polar surface area (TPSA) is 92.6 Å². The minimum Gasteiger partial charge on any atom is -0.361 e. The van der Waals surface area contributed by atoms with Gasteiger partial charge in [0, 0.05) is 52.9 Å². The highest BCUT2D eigenvalue weighted by Crippen LogP contribution is 2.38. The van der Waals surface area contributed by atoms with Crippen LogP contribution in [0.5, 0.6) is 0 Å². The summed E-state index contributed by atoms with van der Waals surface area (Å²) < 4.78 is 0. The lowest BCUT2D eigenvalue weighted by molar-refractivity contribution is 0.0996. The number of hydrogen-bond donors (Lipinski definition) is 4. The van der Waals surface area contributed by atoms with Gasteiger partial charge in [-0.15, -0.1) is 0 Å². The van der Waals surface area contributed by atoms with Gasteiger partial charge in [0.2, 0.25) is 0 Å². The van der Waals surface area contributed by atoms with Gasteiger partial charge < -0.3 is 25.2 Å². The van der Waals surface area contributed by atoms with Crippen LogP contribution in [0.3, 0.4) is 0 Å². The van der Waals surface area contributed by atoms with E-state index >= 15 is 0 Å². The third-order valence-corrected chi connectivity index (χ3v) is 7.77. The molecule has 7 rings (SSSR count). The molecule has 7 nitrogen and oxygen atoms in total. The molecule has 1 amide bonds. The first-order chi connectivity index (χ1) is 18.7. The van der Waals surface area contributed by atoms with E-state index in [1.54, 1.807) is 6.33 Å². The number of carbonyl (C=O) groups is 1. The maximum atomic E-state index is 13.5. The van der Waals surface area contributed by atoms with Crippen LogP contribution in [0.25, 0.3) is 21.8 Å². The molecule has 6 aromatic rings. The number of fused-ring (bicyclic) bond motifs is 3. The lowest BCUT2D eigenvalue weighted by Crippen LogP contribution is -2.28. The Labute approximate surface area is 219 Å². The van der Waals surface area contributed by atoms with Crippen LogP contribution in [-0.2, 0) is 13.1 Å². The molecule has 2 atom stereocenters. The fourth-order valence-corrected chi connectivity index (χ4v) is 5.80. The first-order valence-electron chi connectivity index (χ1n) is 13.0. The van der Waals surface area contributed by atoms with E-state index in [4.69, 9.17) is 0 Å². The van der Waals surface area contributed by atoms with E-state index in [9.17, 15) is 4.79 Å². The first-order valence-corrected chi connectivity index (χ1v) is 13.0. The third kappa shape index (κ3) is 3.71. The number of aromatic amines is 3. The molecule has 1 aliphatic heterocycles. The molecular weight excluding hydrogens is 472 g/mol. The van der Waals surface area contributed by atoms with Crippen LogP contribution in [0, 0.1) is 0 Å². The van der Waals surface area contributed by atoms with Crippen molar-refractivity contribution in [3.63, 3.8) is 0 Å². The highest BCUT2D eigenvalue weighted by atomic mass is 16.2. The third-order valence-electron chi connectivity index (χ3n) is 7.77. The molecule has 4 N–H and O–H groups in total. The summed E-state index contributed by atoms with van der Waals surface area (Å²) in [7, 11) is 0. The first kappa shape index (κ1) is 22.6. The number of anilines is 1. The van der Waals surface area contributed by atoms with Crippen molar-refractivity contribution in [2.45, 2.75) is 32.0 Å².